The summed E-state index contributed by atoms with van der Waals surface area (Å²) in [6.07, 6.45) is 0.367. The zero-order valence-corrected chi connectivity index (χ0v) is 13.1. The van der Waals surface area contributed by atoms with Gasteiger partial charge in [-0.1, -0.05) is 32.9 Å². The molecule has 1 heterocycles. The van der Waals surface area contributed by atoms with Crippen molar-refractivity contribution >= 4 is 17.8 Å². The summed E-state index contributed by atoms with van der Waals surface area (Å²) in [7, 11) is 0. The van der Waals surface area contributed by atoms with E-state index in [-0.39, 0.29) is 23.8 Å². The third kappa shape index (κ3) is 4.56. The second-order valence-electron chi connectivity index (χ2n) is 6.22. The molecule has 0 aliphatic heterocycles. The molecule has 0 aliphatic carbocycles. The maximum absolute atomic E-state index is 11.8. The van der Waals surface area contributed by atoms with Crippen molar-refractivity contribution in [2.75, 3.05) is 11.9 Å². The molecule has 0 aliphatic rings. The fourth-order valence-corrected chi connectivity index (χ4v) is 1.50. The lowest BCUT2D eigenvalue weighted by molar-refractivity contribution is -0.144. The number of carboxylic acid groups (broad SMARTS) is 1. The minimum atomic E-state index is -1.13. The average Bonchev–Trinajstić information content (AvgIpc) is 2.84. The molecular formula is C14H23N3O4. The molecule has 1 rings (SSSR count). The molecule has 1 aromatic rings. The quantitative estimate of drug-likeness (QED) is 0.739. The summed E-state index contributed by atoms with van der Waals surface area (Å²) in [5.74, 6) is -1.12. The average molecular weight is 297 g/mol. The molecule has 0 spiro atoms. The number of nitrogens with zero attached hydrogens (tertiary/aromatic N) is 1. The van der Waals surface area contributed by atoms with Gasteiger partial charge < -0.3 is 9.63 Å². The Labute approximate surface area is 124 Å². The molecule has 1 aromatic heterocycles. The summed E-state index contributed by atoms with van der Waals surface area (Å²) in [6.45, 7) is 9.11. The van der Waals surface area contributed by atoms with Crippen LogP contribution in [0, 0.1) is 0 Å². The molecule has 7 heteroatoms. The molecule has 0 radical (unpaired) electrons. The van der Waals surface area contributed by atoms with Gasteiger partial charge in [0.15, 0.2) is 0 Å². The molecule has 0 fully saturated rings. The molecule has 3 N–H and O–H groups in total. The van der Waals surface area contributed by atoms with Crippen LogP contribution < -0.4 is 10.6 Å². The van der Waals surface area contributed by atoms with Crippen LogP contribution >= 0.6 is 0 Å². The van der Waals surface area contributed by atoms with Crippen molar-refractivity contribution in [3.05, 3.63) is 11.8 Å². The van der Waals surface area contributed by atoms with Crippen LogP contribution in [0.3, 0.4) is 0 Å². The Morgan fingerprint density at radius 3 is 2.38 bits per heavy atom. The van der Waals surface area contributed by atoms with Crippen LogP contribution in [0.2, 0.25) is 0 Å². The number of amides is 1. The van der Waals surface area contributed by atoms with E-state index >= 15 is 0 Å². The molecule has 118 valence electrons. The lowest BCUT2D eigenvalue weighted by atomic mass is 9.92. The van der Waals surface area contributed by atoms with Crippen molar-refractivity contribution in [1.29, 1.82) is 0 Å². The Bertz CT molecular complexity index is 519. The van der Waals surface area contributed by atoms with Crippen molar-refractivity contribution in [2.45, 2.75) is 52.0 Å². The van der Waals surface area contributed by atoms with E-state index in [4.69, 9.17) is 9.63 Å². The summed E-state index contributed by atoms with van der Waals surface area (Å²) >= 11 is 0. The number of anilines is 1. The molecule has 0 saturated heterocycles. The standard InChI is InChI=1S/C14H23N3O4/c1-6-14(5,12(19)20)15-8-10(18)16-11-7-9(17-21-11)13(2,3)4/h7,15H,6,8H2,1-5H3,(H,16,18)(H,19,20). The van der Waals surface area contributed by atoms with Crippen LogP contribution in [0.25, 0.3) is 0 Å². The van der Waals surface area contributed by atoms with E-state index in [1.165, 1.54) is 6.92 Å². The van der Waals surface area contributed by atoms with Gasteiger partial charge in [-0.25, -0.2) is 0 Å². The second-order valence-corrected chi connectivity index (χ2v) is 6.22. The van der Waals surface area contributed by atoms with E-state index in [0.717, 1.165) is 5.69 Å². The fraction of sp³-hybridized carbons (Fsp3) is 0.643. The summed E-state index contributed by atoms with van der Waals surface area (Å²) in [6, 6.07) is 1.66. The Hall–Kier alpha value is -1.89. The Morgan fingerprint density at radius 2 is 1.95 bits per heavy atom. The van der Waals surface area contributed by atoms with Crippen LogP contribution in [0.5, 0.6) is 0 Å². The van der Waals surface area contributed by atoms with E-state index in [1.54, 1.807) is 13.0 Å². The molecule has 0 bridgehead atoms. The first-order valence-corrected chi connectivity index (χ1v) is 6.84. The van der Waals surface area contributed by atoms with Gasteiger partial charge in [0.1, 0.15) is 5.54 Å². The van der Waals surface area contributed by atoms with Gasteiger partial charge in [0.2, 0.25) is 11.8 Å². The first-order chi connectivity index (χ1) is 9.58. The molecule has 21 heavy (non-hydrogen) atoms. The number of carbonyl (C=O) groups is 2. The molecular weight excluding hydrogens is 274 g/mol. The third-order valence-corrected chi connectivity index (χ3v) is 3.36. The summed E-state index contributed by atoms with van der Waals surface area (Å²) in [5, 5.41) is 18.3. The maximum Gasteiger partial charge on any atom is 0.323 e. The number of carboxylic acids is 1. The van der Waals surface area contributed by atoms with Crippen molar-refractivity contribution in [3.8, 4) is 0 Å². The molecule has 1 unspecified atom stereocenters. The highest BCUT2D eigenvalue weighted by Gasteiger charge is 2.31. The van der Waals surface area contributed by atoms with Gasteiger partial charge in [0.25, 0.3) is 0 Å². The van der Waals surface area contributed by atoms with Crippen molar-refractivity contribution in [1.82, 2.24) is 10.5 Å². The number of carbonyl (C=O) groups excluding carboxylic acids is 1. The monoisotopic (exact) mass is 297 g/mol. The second kappa shape index (κ2) is 6.26. The summed E-state index contributed by atoms with van der Waals surface area (Å²) < 4.78 is 5.04. The Morgan fingerprint density at radius 1 is 1.33 bits per heavy atom. The zero-order valence-electron chi connectivity index (χ0n) is 13.1. The predicted octanol–water partition coefficient (Wildman–Crippen LogP) is 1.75. The Kier molecular flexibility index (Phi) is 5.11. The smallest absolute Gasteiger partial charge is 0.323 e. The van der Waals surface area contributed by atoms with Gasteiger partial charge in [0.05, 0.1) is 12.2 Å². The van der Waals surface area contributed by atoms with Crippen molar-refractivity contribution < 1.29 is 19.2 Å². The normalized spacial score (nSPS) is 14.5. The minimum Gasteiger partial charge on any atom is -0.480 e. The lowest BCUT2D eigenvalue weighted by Gasteiger charge is -2.24. The number of rotatable bonds is 6. The third-order valence-electron chi connectivity index (χ3n) is 3.36. The lowest BCUT2D eigenvalue weighted by Crippen LogP contribution is -2.51. The van der Waals surface area contributed by atoms with Gasteiger partial charge >= 0.3 is 5.97 Å². The van der Waals surface area contributed by atoms with Crippen LogP contribution in [0.15, 0.2) is 10.6 Å². The highest BCUT2D eigenvalue weighted by molar-refractivity contribution is 5.91. The molecule has 1 amide bonds. The first kappa shape index (κ1) is 17.2. The highest BCUT2D eigenvalue weighted by atomic mass is 16.5. The topological polar surface area (TPSA) is 104 Å². The first-order valence-electron chi connectivity index (χ1n) is 6.84. The number of aliphatic carboxylic acids is 1. The molecule has 1 atom stereocenters. The molecule has 0 saturated carbocycles. The van der Waals surface area contributed by atoms with Crippen LogP contribution in [-0.2, 0) is 15.0 Å². The van der Waals surface area contributed by atoms with Gasteiger partial charge in [-0.2, -0.15) is 0 Å². The van der Waals surface area contributed by atoms with Gasteiger partial charge in [-0.15, -0.1) is 0 Å². The Balaban J connectivity index is 2.59. The van der Waals surface area contributed by atoms with E-state index < -0.39 is 11.5 Å². The maximum atomic E-state index is 11.8. The fourth-order valence-electron chi connectivity index (χ4n) is 1.50. The summed E-state index contributed by atoms with van der Waals surface area (Å²) in [5.41, 5.74) is -0.570. The van der Waals surface area contributed by atoms with E-state index in [9.17, 15) is 9.59 Å². The van der Waals surface area contributed by atoms with Gasteiger partial charge in [0, 0.05) is 11.5 Å². The van der Waals surface area contributed by atoms with Crippen molar-refractivity contribution in [2.24, 2.45) is 0 Å². The molecule has 0 aromatic carbocycles. The van der Waals surface area contributed by atoms with E-state index in [0.29, 0.717) is 6.42 Å². The van der Waals surface area contributed by atoms with E-state index in [2.05, 4.69) is 15.8 Å². The summed E-state index contributed by atoms with van der Waals surface area (Å²) in [4.78, 5) is 22.9. The van der Waals surface area contributed by atoms with Crippen LogP contribution in [0.1, 0.15) is 46.7 Å². The number of hydrogen-bond acceptors (Lipinski definition) is 5. The number of hydrogen-bond donors (Lipinski definition) is 3. The number of aromatic nitrogens is 1. The van der Waals surface area contributed by atoms with Crippen LogP contribution in [0.4, 0.5) is 5.88 Å². The minimum absolute atomic E-state index is 0.123. The SMILES string of the molecule is CCC(C)(NCC(=O)Nc1cc(C(C)(C)C)no1)C(=O)O. The van der Waals surface area contributed by atoms with Gasteiger partial charge in [-0.3, -0.25) is 20.2 Å². The highest BCUT2D eigenvalue weighted by Crippen LogP contribution is 2.23. The van der Waals surface area contributed by atoms with Crippen LogP contribution in [-0.4, -0.2) is 34.2 Å². The zero-order chi connectivity index (χ0) is 16.3. The van der Waals surface area contributed by atoms with Gasteiger partial charge in [-0.05, 0) is 13.3 Å². The van der Waals surface area contributed by atoms with E-state index in [1.807, 2.05) is 20.8 Å². The predicted molar refractivity (Wildman–Crippen MR) is 78.2 cm³/mol. The largest absolute Gasteiger partial charge is 0.480 e. The molecule has 7 nitrogen and oxygen atoms in total. The number of nitrogens with one attached hydrogen (secondary N) is 2. The van der Waals surface area contributed by atoms with Crippen molar-refractivity contribution in [3.63, 3.8) is 0 Å².